The number of hydrogen-bond acceptors (Lipinski definition) is 3. The molecule has 0 radical (unpaired) electrons. The highest BCUT2D eigenvalue weighted by Gasteiger charge is 2.31. The van der Waals surface area contributed by atoms with Gasteiger partial charge in [0.15, 0.2) is 5.96 Å². The van der Waals surface area contributed by atoms with Crippen LogP contribution in [-0.4, -0.2) is 55.4 Å². The molecule has 2 fully saturated rings. The van der Waals surface area contributed by atoms with E-state index in [4.69, 9.17) is 15.2 Å². The fourth-order valence-electron chi connectivity index (χ4n) is 2.29. The monoisotopic (exact) mass is 241 g/mol. The summed E-state index contributed by atoms with van der Waals surface area (Å²) in [5, 5.41) is 0. The molecule has 0 saturated carbocycles. The smallest absolute Gasteiger partial charge is 0.191 e. The van der Waals surface area contributed by atoms with Gasteiger partial charge < -0.3 is 20.1 Å². The number of nitrogens with two attached hydrogens (primary N) is 1. The number of rotatable bonds is 2. The molecule has 5 heteroatoms. The first-order chi connectivity index (χ1) is 8.07. The molecule has 2 N–H and O–H groups in total. The normalized spacial score (nSPS) is 29.6. The summed E-state index contributed by atoms with van der Waals surface area (Å²) in [7, 11) is 0. The second kappa shape index (κ2) is 5.23. The number of guanidine groups is 1. The van der Waals surface area contributed by atoms with E-state index in [1.807, 2.05) is 0 Å². The van der Waals surface area contributed by atoms with Gasteiger partial charge in [-0.3, -0.25) is 4.99 Å². The Bertz CT molecular complexity index is 285. The van der Waals surface area contributed by atoms with Gasteiger partial charge in [-0.05, 0) is 26.7 Å². The third kappa shape index (κ3) is 3.57. The summed E-state index contributed by atoms with van der Waals surface area (Å²) in [6, 6.07) is 0. The second-order valence-corrected chi connectivity index (χ2v) is 5.34. The lowest BCUT2D eigenvalue weighted by atomic mass is 10.1. The van der Waals surface area contributed by atoms with E-state index in [2.05, 4.69) is 23.7 Å². The summed E-state index contributed by atoms with van der Waals surface area (Å²) in [5.74, 6) is 0.626. The zero-order valence-corrected chi connectivity index (χ0v) is 10.8. The Kier molecular flexibility index (Phi) is 3.89. The van der Waals surface area contributed by atoms with Gasteiger partial charge in [0.2, 0.25) is 0 Å². The van der Waals surface area contributed by atoms with Crippen LogP contribution in [0.4, 0.5) is 0 Å². The van der Waals surface area contributed by atoms with Crippen molar-refractivity contribution in [3.8, 4) is 0 Å². The lowest BCUT2D eigenvalue weighted by Crippen LogP contribution is -2.45. The van der Waals surface area contributed by atoms with Crippen molar-refractivity contribution in [3.05, 3.63) is 0 Å². The molecule has 0 aliphatic carbocycles. The summed E-state index contributed by atoms with van der Waals surface area (Å²) >= 11 is 0. The summed E-state index contributed by atoms with van der Waals surface area (Å²) in [4.78, 5) is 6.51. The van der Waals surface area contributed by atoms with Crippen molar-refractivity contribution in [1.29, 1.82) is 0 Å². The Balaban J connectivity index is 1.79. The quantitative estimate of drug-likeness (QED) is 0.568. The van der Waals surface area contributed by atoms with Crippen LogP contribution in [-0.2, 0) is 9.47 Å². The van der Waals surface area contributed by atoms with Gasteiger partial charge in [0.05, 0.1) is 31.5 Å². The van der Waals surface area contributed by atoms with E-state index >= 15 is 0 Å². The van der Waals surface area contributed by atoms with Crippen LogP contribution in [0.15, 0.2) is 4.99 Å². The van der Waals surface area contributed by atoms with E-state index in [0.717, 1.165) is 39.1 Å². The van der Waals surface area contributed by atoms with E-state index < -0.39 is 0 Å². The molecule has 5 nitrogen and oxygen atoms in total. The van der Waals surface area contributed by atoms with Crippen LogP contribution in [0.2, 0.25) is 0 Å². The molecule has 2 heterocycles. The molecule has 2 aliphatic rings. The van der Waals surface area contributed by atoms with E-state index in [1.54, 1.807) is 0 Å². The molecule has 0 aromatic rings. The SMILES string of the molecule is CC1(C)CC[C@H](CN=C(N)N2CCOCC2)O1. The lowest BCUT2D eigenvalue weighted by Gasteiger charge is -2.27. The topological polar surface area (TPSA) is 60.1 Å². The van der Waals surface area contributed by atoms with Crippen molar-refractivity contribution in [3.63, 3.8) is 0 Å². The minimum atomic E-state index is 0.00785. The van der Waals surface area contributed by atoms with E-state index in [9.17, 15) is 0 Å². The highest BCUT2D eigenvalue weighted by Crippen LogP contribution is 2.29. The van der Waals surface area contributed by atoms with Crippen molar-refractivity contribution in [2.75, 3.05) is 32.8 Å². The predicted molar refractivity (Wildman–Crippen MR) is 67.1 cm³/mol. The van der Waals surface area contributed by atoms with E-state index in [1.165, 1.54) is 0 Å². The van der Waals surface area contributed by atoms with Crippen LogP contribution >= 0.6 is 0 Å². The summed E-state index contributed by atoms with van der Waals surface area (Å²) < 4.78 is 11.2. The van der Waals surface area contributed by atoms with Crippen LogP contribution in [0.3, 0.4) is 0 Å². The zero-order valence-electron chi connectivity index (χ0n) is 10.8. The molecule has 98 valence electrons. The summed E-state index contributed by atoms with van der Waals surface area (Å²) in [5.41, 5.74) is 5.97. The second-order valence-electron chi connectivity index (χ2n) is 5.34. The fourth-order valence-corrected chi connectivity index (χ4v) is 2.29. The van der Waals surface area contributed by atoms with Crippen LogP contribution in [0.25, 0.3) is 0 Å². The molecule has 17 heavy (non-hydrogen) atoms. The molecular formula is C12H23N3O2. The van der Waals surface area contributed by atoms with Gasteiger partial charge in [0.25, 0.3) is 0 Å². The third-order valence-electron chi connectivity index (χ3n) is 3.35. The molecule has 0 amide bonds. The Labute approximate surface area is 103 Å². The maximum absolute atomic E-state index is 5.96. The standard InChI is InChI=1S/C12H23N3O2/c1-12(2)4-3-10(17-12)9-14-11(13)15-5-7-16-8-6-15/h10H,3-9H2,1-2H3,(H2,13,14)/t10-/m1/s1. The van der Waals surface area contributed by atoms with Gasteiger partial charge in [-0.15, -0.1) is 0 Å². The van der Waals surface area contributed by atoms with Crippen molar-refractivity contribution >= 4 is 5.96 Å². The number of ether oxygens (including phenoxy) is 2. The van der Waals surface area contributed by atoms with E-state index in [-0.39, 0.29) is 11.7 Å². The van der Waals surface area contributed by atoms with Crippen molar-refractivity contribution in [2.24, 2.45) is 10.7 Å². The molecule has 2 saturated heterocycles. The average molecular weight is 241 g/mol. The van der Waals surface area contributed by atoms with Gasteiger partial charge in [0, 0.05) is 13.1 Å². The van der Waals surface area contributed by atoms with Crippen molar-refractivity contribution in [2.45, 2.75) is 38.4 Å². The van der Waals surface area contributed by atoms with Crippen LogP contribution in [0.5, 0.6) is 0 Å². The number of morpholine rings is 1. The predicted octanol–water partition coefficient (Wildman–Crippen LogP) is 0.591. The Morgan fingerprint density at radius 1 is 1.41 bits per heavy atom. The zero-order chi connectivity index (χ0) is 12.3. The molecular weight excluding hydrogens is 218 g/mol. The first-order valence-electron chi connectivity index (χ1n) is 6.37. The molecule has 2 rings (SSSR count). The fraction of sp³-hybridized carbons (Fsp3) is 0.917. The Morgan fingerprint density at radius 2 is 2.12 bits per heavy atom. The Morgan fingerprint density at radius 3 is 2.71 bits per heavy atom. The molecule has 0 unspecified atom stereocenters. The third-order valence-corrected chi connectivity index (χ3v) is 3.35. The molecule has 0 spiro atoms. The molecule has 0 bridgehead atoms. The van der Waals surface area contributed by atoms with Crippen molar-refractivity contribution in [1.82, 2.24) is 4.90 Å². The van der Waals surface area contributed by atoms with Gasteiger partial charge in [0.1, 0.15) is 0 Å². The largest absolute Gasteiger partial charge is 0.378 e. The minimum absolute atomic E-state index is 0.00785. The molecule has 0 aromatic carbocycles. The van der Waals surface area contributed by atoms with Gasteiger partial charge in [-0.2, -0.15) is 0 Å². The highest BCUT2D eigenvalue weighted by molar-refractivity contribution is 5.78. The van der Waals surface area contributed by atoms with Gasteiger partial charge in [-0.25, -0.2) is 0 Å². The van der Waals surface area contributed by atoms with Gasteiger partial charge in [-0.1, -0.05) is 0 Å². The van der Waals surface area contributed by atoms with E-state index in [0.29, 0.717) is 12.5 Å². The summed E-state index contributed by atoms with van der Waals surface area (Å²) in [6.45, 7) is 8.09. The van der Waals surface area contributed by atoms with Gasteiger partial charge >= 0.3 is 0 Å². The molecule has 0 aromatic heterocycles. The number of hydrogen-bond donors (Lipinski definition) is 1. The van der Waals surface area contributed by atoms with Crippen LogP contribution < -0.4 is 5.73 Å². The summed E-state index contributed by atoms with van der Waals surface area (Å²) in [6.07, 6.45) is 2.40. The molecule has 2 aliphatic heterocycles. The lowest BCUT2D eigenvalue weighted by molar-refractivity contribution is -0.0108. The van der Waals surface area contributed by atoms with Crippen LogP contribution in [0.1, 0.15) is 26.7 Å². The van der Waals surface area contributed by atoms with Crippen LogP contribution in [0, 0.1) is 0 Å². The first kappa shape index (κ1) is 12.6. The highest BCUT2D eigenvalue weighted by atomic mass is 16.5. The molecule has 1 atom stereocenters. The Hall–Kier alpha value is -0.810. The maximum Gasteiger partial charge on any atom is 0.191 e. The van der Waals surface area contributed by atoms with Crippen molar-refractivity contribution < 1.29 is 9.47 Å². The average Bonchev–Trinajstić information content (AvgIpc) is 2.67. The first-order valence-corrected chi connectivity index (χ1v) is 6.37. The maximum atomic E-state index is 5.96. The number of nitrogens with zero attached hydrogens (tertiary/aromatic N) is 2. The number of aliphatic imine (C=N–C) groups is 1. The minimum Gasteiger partial charge on any atom is -0.378 e.